The molecule has 26 heavy (non-hydrogen) atoms. The molecular formula is C20H21N3O3. The van der Waals surface area contributed by atoms with Gasteiger partial charge in [-0.2, -0.15) is 0 Å². The number of hydrogen-bond donors (Lipinski definition) is 1. The van der Waals surface area contributed by atoms with Crippen molar-refractivity contribution in [1.82, 2.24) is 9.97 Å². The third kappa shape index (κ3) is 3.85. The molecule has 0 fully saturated rings. The van der Waals surface area contributed by atoms with Crippen LogP contribution in [0.3, 0.4) is 0 Å². The second-order valence-corrected chi connectivity index (χ2v) is 5.50. The highest BCUT2D eigenvalue weighted by Gasteiger charge is 2.09. The molecule has 0 bridgehead atoms. The van der Waals surface area contributed by atoms with Crippen LogP contribution in [0.2, 0.25) is 0 Å². The highest BCUT2D eigenvalue weighted by atomic mass is 16.5. The number of nitrogens with zero attached hydrogens (tertiary/aromatic N) is 2. The van der Waals surface area contributed by atoms with Crippen LogP contribution in [0.15, 0.2) is 54.7 Å². The first-order valence-corrected chi connectivity index (χ1v) is 8.16. The number of methoxy groups -OCH3 is 3. The smallest absolute Gasteiger partial charge is 0.165 e. The van der Waals surface area contributed by atoms with Gasteiger partial charge in [0.25, 0.3) is 0 Å². The maximum atomic E-state index is 5.43. The summed E-state index contributed by atoms with van der Waals surface area (Å²) in [6.07, 6.45) is 1.72. The first-order valence-electron chi connectivity index (χ1n) is 8.16. The zero-order valence-corrected chi connectivity index (χ0v) is 15.0. The minimum atomic E-state index is 0.565. The lowest BCUT2D eigenvalue weighted by molar-refractivity contribution is 0.391. The van der Waals surface area contributed by atoms with E-state index in [2.05, 4.69) is 15.3 Å². The molecule has 6 heteroatoms. The van der Waals surface area contributed by atoms with E-state index in [1.807, 2.05) is 48.5 Å². The van der Waals surface area contributed by atoms with Crippen molar-refractivity contribution in [1.29, 1.82) is 0 Å². The van der Waals surface area contributed by atoms with Crippen molar-refractivity contribution < 1.29 is 14.2 Å². The monoisotopic (exact) mass is 351 g/mol. The van der Waals surface area contributed by atoms with Crippen molar-refractivity contribution in [2.45, 2.75) is 6.54 Å². The maximum absolute atomic E-state index is 5.43. The van der Waals surface area contributed by atoms with Crippen molar-refractivity contribution in [3.63, 3.8) is 0 Å². The SMILES string of the molecule is COc1ccc(CNc2ccnc(-c3ccccc3OC)n2)c(OC)c1. The fourth-order valence-electron chi connectivity index (χ4n) is 2.60. The van der Waals surface area contributed by atoms with Gasteiger partial charge in [-0.3, -0.25) is 0 Å². The molecule has 3 aromatic rings. The van der Waals surface area contributed by atoms with E-state index in [1.54, 1.807) is 27.5 Å². The molecular weight excluding hydrogens is 330 g/mol. The van der Waals surface area contributed by atoms with Gasteiger partial charge in [0.1, 0.15) is 23.1 Å². The Morgan fingerprint density at radius 2 is 1.69 bits per heavy atom. The van der Waals surface area contributed by atoms with Gasteiger partial charge in [-0.05, 0) is 30.3 Å². The van der Waals surface area contributed by atoms with Gasteiger partial charge >= 0.3 is 0 Å². The number of benzene rings is 2. The van der Waals surface area contributed by atoms with Gasteiger partial charge in [0.05, 0.1) is 26.9 Å². The summed E-state index contributed by atoms with van der Waals surface area (Å²) < 4.78 is 16.1. The minimum absolute atomic E-state index is 0.565. The summed E-state index contributed by atoms with van der Waals surface area (Å²) in [6, 6.07) is 15.2. The van der Waals surface area contributed by atoms with Gasteiger partial charge < -0.3 is 19.5 Å². The number of hydrogen-bond acceptors (Lipinski definition) is 6. The Labute approximate surface area is 152 Å². The van der Waals surface area contributed by atoms with Gasteiger partial charge in [0.2, 0.25) is 0 Å². The molecule has 6 nitrogen and oxygen atoms in total. The van der Waals surface area contributed by atoms with Crippen molar-refractivity contribution in [3.05, 3.63) is 60.3 Å². The van der Waals surface area contributed by atoms with Gasteiger partial charge in [-0.15, -0.1) is 0 Å². The van der Waals surface area contributed by atoms with E-state index in [0.29, 0.717) is 12.4 Å². The predicted octanol–water partition coefficient (Wildman–Crippen LogP) is 3.78. The molecule has 0 aliphatic carbocycles. The molecule has 1 heterocycles. The van der Waals surface area contributed by atoms with E-state index in [1.165, 1.54) is 0 Å². The van der Waals surface area contributed by atoms with Crippen molar-refractivity contribution in [3.8, 4) is 28.6 Å². The summed E-state index contributed by atoms with van der Waals surface area (Å²) in [4.78, 5) is 8.95. The Hall–Kier alpha value is -3.28. The van der Waals surface area contributed by atoms with Crippen molar-refractivity contribution in [2.24, 2.45) is 0 Å². The summed E-state index contributed by atoms with van der Waals surface area (Å²) in [5, 5.41) is 3.31. The lowest BCUT2D eigenvalue weighted by Crippen LogP contribution is -2.04. The lowest BCUT2D eigenvalue weighted by Gasteiger charge is -2.12. The van der Waals surface area contributed by atoms with E-state index in [4.69, 9.17) is 14.2 Å². The molecule has 1 aromatic heterocycles. The van der Waals surface area contributed by atoms with Crippen LogP contribution in [-0.2, 0) is 6.54 Å². The molecule has 0 atom stereocenters. The van der Waals surface area contributed by atoms with Gasteiger partial charge in [0.15, 0.2) is 5.82 Å². The first-order chi connectivity index (χ1) is 12.7. The summed E-state index contributed by atoms with van der Waals surface area (Å²) in [6.45, 7) is 0.565. The Morgan fingerprint density at radius 1 is 0.885 bits per heavy atom. The molecule has 3 rings (SSSR count). The number of aromatic nitrogens is 2. The van der Waals surface area contributed by atoms with E-state index >= 15 is 0 Å². The van der Waals surface area contributed by atoms with Crippen molar-refractivity contribution in [2.75, 3.05) is 26.6 Å². The van der Waals surface area contributed by atoms with Crippen LogP contribution in [-0.4, -0.2) is 31.3 Å². The topological polar surface area (TPSA) is 65.5 Å². The lowest BCUT2D eigenvalue weighted by atomic mass is 10.2. The maximum Gasteiger partial charge on any atom is 0.165 e. The number of rotatable bonds is 7. The molecule has 134 valence electrons. The highest BCUT2D eigenvalue weighted by Crippen LogP contribution is 2.28. The Morgan fingerprint density at radius 3 is 2.46 bits per heavy atom. The molecule has 0 radical (unpaired) electrons. The van der Waals surface area contributed by atoms with Crippen LogP contribution in [0.4, 0.5) is 5.82 Å². The fraction of sp³-hybridized carbons (Fsp3) is 0.200. The second kappa shape index (κ2) is 8.20. The third-order valence-corrected chi connectivity index (χ3v) is 3.96. The van der Waals surface area contributed by atoms with Gasteiger partial charge in [-0.25, -0.2) is 9.97 Å². The zero-order chi connectivity index (χ0) is 18.4. The van der Waals surface area contributed by atoms with E-state index in [-0.39, 0.29) is 0 Å². The van der Waals surface area contributed by atoms with Crippen LogP contribution in [0.5, 0.6) is 17.2 Å². The molecule has 0 aliphatic rings. The first kappa shape index (κ1) is 17.5. The summed E-state index contributed by atoms with van der Waals surface area (Å²) in [5.74, 6) is 3.58. The molecule has 1 N–H and O–H groups in total. The zero-order valence-electron chi connectivity index (χ0n) is 15.0. The van der Waals surface area contributed by atoms with Crippen LogP contribution in [0.25, 0.3) is 11.4 Å². The van der Waals surface area contributed by atoms with Crippen LogP contribution in [0, 0.1) is 0 Å². The minimum Gasteiger partial charge on any atom is -0.497 e. The number of ether oxygens (including phenoxy) is 3. The standard InChI is InChI=1S/C20H21N3O3/c1-24-15-9-8-14(18(12-15)26-3)13-22-19-10-11-21-20(23-19)16-6-4-5-7-17(16)25-2/h4-12H,13H2,1-3H3,(H,21,22,23). The average Bonchev–Trinajstić information content (AvgIpc) is 2.72. The number of para-hydroxylation sites is 1. The Kier molecular flexibility index (Phi) is 5.53. The molecule has 0 saturated heterocycles. The molecule has 2 aromatic carbocycles. The highest BCUT2D eigenvalue weighted by molar-refractivity contribution is 5.65. The molecule has 0 spiro atoms. The molecule has 0 unspecified atom stereocenters. The number of nitrogens with one attached hydrogen (secondary N) is 1. The van der Waals surface area contributed by atoms with E-state index < -0.39 is 0 Å². The average molecular weight is 351 g/mol. The molecule has 0 amide bonds. The van der Waals surface area contributed by atoms with Crippen molar-refractivity contribution >= 4 is 5.82 Å². The van der Waals surface area contributed by atoms with Gasteiger partial charge in [-0.1, -0.05) is 12.1 Å². The Bertz CT molecular complexity index is 884. The third-order valence-electron chi connectivity index (χ3n) is 3.96. The fourth-order valence-corrected chi connectivity index (χ4v) is 2.60. The molecule has 0 aliphatic heterocycles. The van der Waals surface area contributed by atoms with Crippen LogP contribution < -0.4 is 19.5 Å². The van der Waals surface area contributed by atoms with Crippen LogP contribution in [0.1, 0.15) is 5.56 Å². The second-order valence-electron chi connectivity index (χ2n) is 5.50. The summed E-state index contributed by atoms with van der Waals surface area (Å²) in [7, 11) is 4.91. The normalized spacial score (nSPS) is 10.3. The van der Waals surface area contributed by atoms with E-state index in [0.717, 1.165) is 34.2 Å². The summed E-state index contributed by atoms with van der Waals surface area (Å²) >= 11 is 0. The van der Waals surface area contributed by atoms with Crippen LogP contribution >= 0.6 is 0 Å². The largest absolute Gasteiger partial charge is 0.497 e. The number of anilines is 1. The molecule has 0 saturated carbocycles. The van der Waals surface area contributed by atoms with E-state index in [9.17, 15) is 0 Å². The van der Waals surface area contributed by atoms with Gasteiger partial charge in [0, 0.05) is 24.4 Å². The Balaban J connectivity index is 1.80. The predicted molar refractivity (Wildman–Crippen MR) is 101 cm³/mol. The quantitative estimate of drug-likeness (QED) is 0.699. The summed E-state index contributed by atoms with van der Waals surface area (Å²) in [5.41, 5.74) is 1.85.